The molecule has 2 amide bonds. The van der Waals surface area contributed by atoms with E-state index in [2.05, 4.69) is 10.3 Å². The van der Waals surface area contributed by atoms with Crippen LogP contribution in [-0.2, 0) is 13.6 Å². The number of amides is 2. The van der Waals surface area contributed by atoms with Crippen molar-refractivity contribution in [3.8, 4) is 0 Å². The summed E-state index contributed by atoms with van der Waals surface area (Å²) in [6.07, 6.45) is 2.07. The molecule has 4 N–H and O–H groups in total. The molecule has 10 heteroatoms. The van der Waals surface area contributed by atoms with Gasteiger partial charge in [-0.05, 0) is 12.8 Å². The smallest absolute Gasteiger partial charge is 0.384 e. The van der Waals surface area contributed by atoms with E-state index in [1.165, 1.54) is 0 Å². The van der Waals surface area contributed by atoms with Crippen LogP contribution >= 0.6 is 7.60 Å². The Morgan fingerprint density at radius 2 is 1.89 bits per heavy atom. The molecule has 0 spiro atoms. The molecule has 0 aliphatic carbocycles. The first kappa shape index (κ1) is 17.6. The first-order valence-electron chi connectivity index (χ1n) is 5.70. The highest BCUT2D eigenvalue weighted by Gasteiger charge is 2.31. The Balaban J connectivity index is 4.92. The highest BCUT2D eigenvalue weighted by molar-refractivity contribution is 7.74. The Labute approximate surface area is 111 Å². The maximum Gasteiger partial charge on any atom is 0.384 e. The summed E-state index contributed by atoms with van der Waals surface area (Å²) in [7, 11) is -3.76. The minimum atomic E-state index is -3.76. The molecular weight excluding hydrogens is 275 g/mol. The summed E-state index contributed by atoms with van der Waals surface area (Å²) < 4.78 is 22.6. The second-order valence-corrected chi connectivity index (χ2v) is 5.33. The van der Waals surface area contributed by atoms with Crippen LogP contribution in [0, 0.1) is 0 Å². The second kappa shape index (κ2) is 9.48. The number of oxime groups is 1. The van der Waals surface area contributed by atoms with Gasteiger partial charge >= 0.3 is 13.6 Å². The Bertz CT molecular complexity index is 373. The van der Waals surface area contributed by atoms with Crippen molar-refractivity contribution < 1.29 is 23.6 Å². The first-order valence-corrected chi connectivity index (χ1v) is 7.24. The highest BCUT2D eigenvalue weighted by Crippen LogP contribution is 2.49. The zero-order valence-corrected chi connectivity index (χ0v) is 11.8. The molecule has 0 atom stereocenters. The zero-order valence-electron chi connectivity index (χ0n) is 10.9. The van der Waals surface area contributed by atoms with Crippen molar-refractivity contribution in [2.45, 2.75) is 26.7 Å². The Morgan fingerprint density at radius 1 is 1.37 bits per heavy atom. The average molecular weight is 294 g/mol. The third-order valence-electron chi connectivity index (χ3n) is 1.67. The van der Waals surface area contributed by atoms with Crippen molar-refractivity contribution in [2.24, 2.45) is 16.0 Å². The van der Waals surface area contributed by atoms with Crippen molar-refractivity contribution in [2.75, 3.05) is 13.2 Å². The summed E-state index contributed by atoms with van der Waals surface area (Å²) in [5.74, 6) is 0. The number of nitrogens with zero attached hydrogens (tertiary/aromatic N) is 2. The molecule has 0 aromatic heterocycles. The lowest BCUT2D eigenvalue weighted by molar-refractivity contribution is 0.215. The van der Waals surface area contributed by atoms with Crippen LogP contribution < -0.4 is 11.2 Å². The Morgan fingerprint density at radius 3 is 2.26 bits per heavy atom. The predicted molar refractivity (Wildman–Crippen MR) is 70.5 cm³/mol. The van der Waals surface area contributed by atoms with E-state index in [0.29, 0.717) is 12.8 Å². The fourth-order valence-electron chi connectivity index (χ4n) is 0.897. The molecule has 0 unspecified atom stereocenters. The average Bonchev–Trinajstić information content (AvgIpc) is 2.38. The Kier molecular flexibility index (Phi) is 8.77. The maximum atomic E-state index is 12.4. The van der Waals surface area contributed by atoms with Gasteiger partial charge in [0.15, 0.2) is 0 Å². The third kappa shape index (κ3) is 6.90. The number of carbonyl (C=O) groups excluding carboxylic acids is 1. The van der Waals surface area contributed by atoms with Crippen LogP contribution in [-0.4, -0.2) is 36.1 Å². The largest absolute Gasteiger partial charge is 0.410 e. The van der Waals surface area contributed by atoms with Gasteiger partial charge in [0.25, 0.3) is 0 Å². The monoisotopic (exact) mass is 294 g/mol. The fourth-order valence-corrected chi connectivity index (χ4v) is 2.39. The number of primary amides is 1. The van der Waals surface area contributed by atoms with Gasteiger partial charge < -0.3 is 20.0 Å². The number of carbonyl (C=O) groups is 1. The highest BCUT2D eigenvalue weighted by atomic mass is 31.2. The van der Waals surface area contributed by atoms with E-state index in [1.807, 2.05) is 19.3 Å². The third-order valence-corrected chi connectivity index (χ3v) is 3.48. The number of hydrogen-bond donors (Lipinski definition) is 3. The summed E-state index contributed by atoms with van der Waals surface area (Å²) in [6.45, 7) is 3.97. The first-order chi connectivity index (χ1) is 9.00. The predicted octanol–water partition coefficient (Wildman–Crippen LogP) is 1.47. The molecule has 0 fully saturated rings. The van der Waals surface area contributed by atoms with Gasteiger partial charge in [-0.2, -0.15) is 5.10 Å². The molecule has 0 saturated heterocycles. The molecule has 0 saturated carbocycles. The molecule has 0 aromatic rings. The van der Waals surface area contributed by atoms with Crippen molar-refractivity contribution in [3.05, 3.63) is 0 Å². The van der Waals surface area contributed by atoms with Crippen LogP contribution in [0.5, 0.6) is 0 Å². The van der Waals surface area contributed by atoms with Gasteiger partial charge in [-0.25, -0.2) is 10.2 Å². The molecule has 0 radical (unpaired) electrons. The van der Waals surface area contributed by atoms with E-state index < -0.39 is 19.1 Å². The van der Waals surface area contributed by atoms with Gasteiger partial charge in [0.05, 0.1) is 19.4 Å². The van der Waals surface area contributed by atoms with Crippen molar-refractivity contribution >= 4 is 25.3 Å². The maximum absolute atomic E-state index is 12.4. The van der Waals surface area contributed by atoms with Gasteiger partial charge in [-0.1, -0.05) is 19.0 Å². The molecule has 0 aromatic carbocycles. The molecule has 0 rings (SSSR count). The number of nitrogens with two attached hydrogens (primary N) is 1. The van der Waals surface area contributed by atoms with Gasteiger partial charge in [-0.15, -0.1) is 0 Å². The summed E-state index contributed by atoms with van der Waals surface area (Å²) in [4.78, 5) is 10.4. The summed E-state index contributed by atoms with van der Waals surface area (Å²) in [6, 6.07) is -0.910. The molecule has 110 valence electrons. The van der Waals surface area contributed by atoms with Gasteiger partial charge in [0.1, 0.15) is 0 Å². The van der Waals surface area contributed by atoms with Crippen LogP contribution in [0.1, 0.15) is 26.7 Å². The molecule has 0 bridgehead atoms. The molecule has 9 nitrogen and oxygen atoms in total. The minimum Gasteiger partial charge on any atom is -0.410 e. The zero-order chi connectivity index (χ0) is 14.7. The number of rotatable bonds is 9. The quantitative estimate of drug-likeness (QED) is 0.256. The number of hydrogen-bond acceptors (Lipinski definition) is 7. The van der Waals surface area contributed by atoms with E-state index in [1.54, 1.807) is 0 Å². The lowest BCUT2D eigenvalue weighted by Crippen LogP contribution is -2.25. The van der Waals surface area contributed by atoms with Crippen molar-refractivity contribution in [1.82, 2.24) is 5.43 Å². The van der Waals surface area contributed by atoms with E-state index >= 15 is 0 Å². The summed E-state index contributed by atoms with van der Waals surface area (Å²) in [5.41, 5.74) is 6.26. The Hall–Kier alpha value is -1.44. The summed E-state index contributed by atoms with van der Waals surface area (Å²) >= 11 is 0. The molecule has 19 heavy (non-hydrogen) atoms. The fraction of sp³-hybridized carbons (Fsp3) is 0.667. The van der Waals surface area contributed by atoms with Crippen molar-refractivity contribution in [1.29, 1.82) is 0 Å². The molecule has 0 aliphatic rings. The topological polar surface area (TPSA) is 136 Å². The van der Waals surface area contributed by atoms with Gasteiger partial charge in [-0.3, -0.25) is 4.57 Å². The van der Waals surface area contributed by atoms with Gasteiger partial charge in [0.2, 0.25) is 5.45 Å². The summed E-state index contributed by atoms with van der Waals surface area (Å²) in [5, 5.41) is 15.0. The van der Waals surface area contributed by atoms with Crippen LogP contribution in [0.15, 0.2) is 10.3 Å². The number of nitrogens with one attached hydrogen (secondary N) is 1. The van der Waals surface area contributed by atoms with Gasteiger partial charge in [0, 0.05) is 0 Å². The van der Waals surface area contributed by atoms with Crippen LogP contribution in [0.3, 0.4) is 0 Å². The SMILES string of the molecule is CCCOP(=O)(OCCC)C(/C=N/NC(N)=O)=N/O. The number of urea groups is 1. The second-order valence-electron chi connectivity index (χ2n) is 3.36. The van der Waals surface area contributed by atoms with Crippen LogP contribution in [0.2, 0.25) is 0 Å². The van der Waals surface area contributed by atoms with E-state index in [9.17, 15) is 9.36 Å². The van der Waals surface area contributed by atoms with Crippen molar-refractivity contribution in [3.63, 3.8) is 0 Å². The standard InChI is InChI=1S/C9H19N4O5P/c1-3-5-17-19(16,18-6-4-2)8(13-15)7-11-12-9(10)14/h7,15H,3-6H2,1-2H3,(H3,10,12,14)/b11-7+,13-8+. The van der Waals surface area contributed by atoms with E-state index in [-0.39, 0.29) is 13.2 Å². The van der Waals surface area contributed by atoms with E-state index in [4.69, 9.17) is 20.0 Å². The van der Waals surface area contributed by atoms with Crippen LogP contribution in [0.25, 0.3) is 0 Å². The lowest BCUT2D eigenvalue weighted by atomic mass is 10.5. The lowest BCUT2D eigenvalue weighted by Gasteiger charge is -2.16. The number of hydrazone groups is 1. The van der Waals surface area contributed by atoms with E-state index in [0.717, 1.165) is 6.21 Å². The molecule has 0 heterocycles. The van der Waals surface area contributed by atoms with Crippen LogP contribution in [0.4, 0.5) is 4.79 Å². The molecular formula is C9H19N4O5P. The normalized spacial score (nSPS) is 12.8. The minimum absolute atomic E-state index is 0.164. The molecule has 0 aliphatic heterocycles.